The van der Waals surface area contributed by atoms with E-state index in [1.807, 2.05) is 5.92 Å². The zero-order valence-corrected chi connectivity index (χ0v) is 26.0. The monoisotopic (exact) mass is 729 g/mol. The molecule has 0 fully saturated rings. The number of hydrogen-bond acceptors (Lipinski definition) is 0. The van der Waals surface area contributed by atoms with Crippen LogP contribution in [0.3, 0.4) is 0 Å². The van der Waals surface area contributed by atoms with Gasteiger partial charge in [-0.05, 0) is 6.42 Å². The van der Waals surface area contributed by atoms with E-state index in [9.17, 15) is 39.5 Å². The molecule has 0 radical (unpaired) electrons. The molecule has 50 heavy (non-hydrogen) atoms. The summed E-state index contributed by atoms with van der Waals surface area (Å²) >= 11 is 0. The highest BCUT2D eigenvalue weighted by Crippen LogP contribution is 2.28. The van der Waals surface area contributed by atoms with Gasteiger partial charge in [-0.1, -0.05) is 43.7 Å². The van der Waals surface area contributed by atoms with Crippen LogP contribution in [-0.4, -0.2) is 20.2 Å². The predicted octanol–water partition coefficient (Wildman–Crippen LogP) is 6.31. The zero-order chi connectivity index (χ0) is 37.8. The Morgan fingerprint density at radius 2 is 0.780 bits per heavy atom. The fourth-order valence-electron chi connectivity index (χ4n) is 5.15. The third-order valence-electron chi connectivity index (χ3n) is 7.40. The van der Waals surface area contributed by atoms with Crippen LogP contribution in [-0.2, 0) is 6.54 Å². The average molecular weight is 729 g/mol. The number of rotatable bonds is 7. The van der Waals surface area contributed by atoms with Crippen molar-refractivity contribution in [2.24, 2.45) is 0 Å². The van der Waals surface area contributed by atoms with E-state index < -0.39 is 116 Å². The standard InChI is InChI=1S/C24H9BF15.C9H13N/c1-2-3-4-5-6-25(7-10(26)16(32)22(38)17(33)11(7)27,8-12(28)18(34)23(39)19(35)13(8)29)9-14(30)20(36)24(40)21(37)15(9)31;1-10(2)8-9-6-4-3-5-7-9/h2-4H2,1H3;3-7H,8H2,1-2H3/q-1;/p+1. The van der Waals surface area contributed by atoms with E-state index in [0.717, 1.165) is 6.54 Å². The molecule has 0 heterocycles. The molecule has 4 aromatic carbocycles. The minimum absolute atomic E-state index is 0.0511. The van der Waals surface area contributed by atoms with Crippen LogP contribution in [0.1, 0.15) is 31.7 Å². The molecular formula is C33H23BF15N. The van der Waals surface area contributed by atoms with Gasteiger partial charge in [0, 0.05) is 12.0 Å². The van der Waals surface area contributed by atoms with Gasteiger partial charge in [0.05, 0.1) is 14.1 Å². The van der Waals surface area contributed by atoms with Crippen molar-refractivity contribution >= 4 is 22.5 Å². The Morgan fingerprint density at radius 3 is 1.06 bits per heavy atom. The Hall–Kier alpha value is -4.59. The molecule has 4 rings (SSSR count). The Bertz CT molecular complexity index is 1720. The molecule has 0 unspecified atom stereocenters. The number of nitrogens with one attached hydrogen (secondary N) is 1. The van der Waals surface area contributed by atoms with Crippen molar-refractivity contribution in [2.75, 3.05) is 14.1 Å². The van der Waals surface area contributed by atoms with Crippen LogP contribution >= 0.6 is 0 Å². The first-order valence-electron chi connectivity index (χ1n) is 14.4. The first kappa shape index (κ1) is 39.8. The summed E-state index contributed by atoms with van der Waals surface area (Å²) < 4.78 is 218. The fraction of sp³-hybridized carbons (Fsp3) is 0.212. The summed E-state index contributed by atoms with van der Waals surface area (Å²) in [6.07, 6.45) is -6.21. The lowest BCUT2D eigenvalue weighted by Crippen LogP contribution is -3.04. The van der Waals surface area contributed by atoms with Crippen LogP contribution in [0.4, 0.5) is 65.9 Å². The molecule has 17 heteroatoms. The summed E-state index contributed by atoms with van der Waals surface area (Å²) in [5.41, 5.74) is -6.78. The van der Waals surface area contributed by atoms with Gasteiger partial charge < -0.3 is 4.90 Å². The van der Waals surface area contributed by atoms with Crippen molar-refractivity contribution in [3.05, 3.63) is 123 Å². The lowest BCUT2D eigenvalue weighted by molar-refractivity contribution is -0.872. The van der Waals surface area contributed by atoms with Gasteiger partial charge in [-0.3, -0.25) is 5.82 Å². The van der Waals surface area contributed by atoms with Gasteiger partial charge >= 0.3 is 0 Å². The maximum atomic E-state index is 15.1. The summed E-state index contributed by atoms with van der Waals surface area (Å²) in [5.74, 6) is -42.5. The van der Waals surface area contributed by atoms with E-state index >= 15 is 26.3 Å². The predicted molar refractivity (Wildman–Crippen MR) is 154 cm³/mol. The smallest absolute Gasteiger partial charge is 0.200 e. The highest BCUT2D eigenvalue weighted by atomic mass is 19.2. The summed E-state index contributed by atoms with van der Waals surface area (Å²) in [6, 6.07) is 10.5. The summed E-state index contributed by atoms with van der Waals surface area (Å²) in [5, 5.41) is 0. The van der Waals surface area contributed by atoms with Gasteiger partial charge in [0.2, 0.25) is 0 Å². The largest absolute Gasteiger partial charge is 0.336 e. The van der Waals surface area contributed by atoms with Crippen LogP contribution < -0.4 is 21.3 Å². The van der Waals surface area contributed by atoms with Crippen molar-refractivity contribution in [3.8, 4) is 11.7 Å². The summed E-state index contributed by atoms with van der Waals surface area (Å²) in [7, 11) is 4.32. The van der Waals surface area contributed by atoms with Crippen molar-refractivity contribution in [1.29, 1.82) is 0 Å². The molecule has 0 atom stereocenters. The van der Waals surface area contributed by atoms with Gasteiger partial charge in [0.1, 0.15) is 41.4 Å². The van der Waals surface area contributed by atoms with Crippen LogP contribution in [0.15, 0.2) is 30.3 Å². The van der Waals surface area contributed by atoms with E-state index in [1.165, 1.54) is 23.2 Å². The molecule has 0 bridgehead atoms. The van der Waals surface area contributed by atoms with Gasteiger partial charge in [-0.2, -0.15) is 0 Å². The van der Waals surface area contributed by atoms with Crippen LogP contribution in [0.5, 0.6) is 0 Å². The van der Waals surface area contributed by atoms with Gasteiger partial charge in [0.15, 0.2) is 58.5 Å². The molecule has 0 aliphatic carbocycles. The third kappa shape index (κ3) is 7.16. The van der Waals surface area contributed by atoms with Crippen molar-refractivity contribution in [1.82, 2.24) is 0 Å². The van der Waals surface area contributed by atoms with Crippen molar-refractivity contribution in [2.45, 2.75) is 32.7 Å². The molecule has 0 spiro atoms. The lowest BCUT2D eigenvalue weighted by atomic mass is 9.15. The Morgan fingerprint density at radius 1 is 0.480 bits per heavy atom. The van der Waals surface area contributed by atoms with Crippen molar-refractivity contribution in [3.63, 3.8) is 0 Å². The highest BCUT2D eigenvalue weighted by molar-refractivity contribution is 7.17. The van der Waals surface area contributed by atoms with E-state index in [4.69, 9.17) is 0 Å². The minimum Gasteiger partial charge on any atom is -0.336 e. The number of unbranched alkanes of at least 4 members (excludes halogenated alkanes) is 2. The third-order valence-corrected chi connectivity index (χ3v) is 7.40. The molecule has 0 amide bonds. The minimum atomic E-state index is -5.79. The second kappa shape index (κ2) is 16.0. The van der Waals surface area contributed by atoms with Crippen LogP contribution in [0, 0.1) is 99.0 Å². The van der Waals surface area contributed by atoms with Gasteiger partial charge in [-0.25, -0.2) is 65.9 Å². The Kier molecular flexibility index (Phi) is 12.7. The molecule has 1 N–H and O–H groups in total. The van der Waals surface area contributed by atoms with Crippen molar-refractivity contribution < 1.29 is 70.8 Å². The molecular weight excluding hydrogens is 706 g/mol. The van der Waals surface area contributed by atoms with Gasteiger partial charge in [0.25, 0.3) is 0 Å². The molecule has 0 aliphatic heterocycles. The second-order valence-corrected chi connectivity index (χ2v) is 11.1. The van der Waals surface area contributed by atoms with E-state index in [-0.39, 0.29) is 12.8 Å². The van der Waals surface area contributed by atoms with E-state index in [1.54, 1.807) is 0 Å². The number of halogens is 15. The highest BCUT2D eigenvalue weighted by Gasteiger charge is 2.47. The molecule has 0 aromatic heterocycles. The van der Waals surface area contributed by atoms with Crippen LogP contribution in [0.2, 0.25) is 0 Å². The van der Waals surface area contributed by atoms with Crippen LogP contribution in [0.25, 0.3) is 0 Å². The molecule has 0 saturated heterocycles. The average Bonchev–Trinajstić information content (AvgIpc) is 3.08. The second-order valence-electron chi connectivity index (χ2n) is 11.1. The topological polar surface area (TPSA) is 4.44 Å². The number of quaternary nitrogens is 1. The van der Waals surface area contributed by atoms with E-state index in [0.29, 0.717) is 0 Å². The van der Waals surface area contributed by atoms with E-state index in [2.05, 4.69) is 44.4 Å². The molecule has 268 valence electrons. The molecule has 0 aliphatic rings. The maximum Gasteiger partial charge on any atom is 0.200 e. The fourth-order valence-corrected chi connectivity index (χ4v) is 5.15. The lowest BCUT2D eigenvalue weighted by Gasteiger charge is -2.39. The first-order chi connectivity index (χ1) is 23.4. The van der Waals surface area contributed by atoms with Gasteiger partial charge in [-0.15, -0.1) is 22.3 Å². The first-order valence-corrected chi connectivity index (χ1v) is 14.4. The molecule has 1 nitrogen and oxygen atoms in total. The Balaban J connectivity index is 0.000000578. The number of hydrogen-bond donors (Lipinski definition) is 1. The summed E-state index contributed by atoms with van der Waals surface area (Å²) in [6.45, 7) is 2.60. The molecule has 4 aromatic rings. The zero-order valence-electron chi connectivity index (χ0n) is 26.0. The summed E-state index contributed by atoms with van der Waals surface area (Å²) in [4.78, 5) is 1.46. The quantitative estimate of drug-likeness (QED) is 0.0569. The normalized spacial score (nSPS) is 11.3. The maximum absolute atomic E-state index is 15.1. The Labute approximate surface area is 275 Å². The number of benzene rings is 4. The molecule has 0 saturated carbocycles. The SMILES string of the molecule is CCCCC#C[B-](c1c(F)c(F)c(F)c(F)c1F)(c1c(F)c(F)c(F)c(F)c1F)c1c(F)c(F)c(F)c(F)c1F.C[NH+](C)Cc1ccccc1.